The summed E-state index contributed by atoms with van der Waals surface area (Å²) in [7, 11) is 3.94. The number of nitrogens with zero attached hydrogens (tertiary/aromatic N) is 3. The first-order chi connectivity index (χ1) is 10.1. The molecule has 0 aliphatic heterocycles. The van der Waals surface area contributed by atoms with Crippen LogP contribution in [0.4, 0.5) is 11.6 Å². The van der Waals surface area contributed by atoms with Gasteiger partial charge in [-0.25, -0.2) is 9.97 Å². The van der Waals surface area contributed by atoms with Gasteiger partial charge in [-0.05, 0) is 31.0 Å². The Kier molecular flexibility index (Phi) is 5.02. The van der Waals surface area contributed by atoms with E-state index in [0.717, 1.165) is 28.6 Å². The van der Waals surface area contributed by atoms with E-state index >= 15 is 0 Å². The van der Waals surface area contributed by atoms with Gasteiger partial charge in [0.25, 0.3) is 0 Å². The normalized spacial score (nSPS) is 12.0. The summed E-state index contributed by atoms with van der Waals surface area (Å²) >= 11 is 5.96. The lowest BCUT2D eigenvalue weighted by Crippen LogP contribution is -2.24. The van der Waals surface area contributed by atoms with Crippen molar-refractivity contribution in [3.8, 4) is 0 Å². The SMILES string of the molecule is CCc1c(NC)ncnc1N(C)C(C)c1ccc(Cl)cc1. The molecule has 0 aliphatic carbocycles. The van der Waals surface area contributed by atoms with Gasteiger partial charge in [0.05, 0.1) is 6.04 Å². The van der Waals surface area contributed by atoms with Crippen LogP contribution in [0.15, 0.2) is 30.6 Å². The topological polar surface area (TPSA) is 41.1 Å². The standard InChI is InChI=1S/C16H21ClN4/c1-5-14-15(18-3)19-10-20-16(14)21(4)11(2)12-6-8-13(17)9-7-12/h6-11H,5H2,1-4H3,(H,18,19,20). The largest absolute Gasteiger partial charge is 0.373 e. The van der Waals surface area contributed by atoms with Crippen LogP contribution in [0.1, 0.15) is 31.0 Å². The summed E-state index contributed by atoms with van der Waals surface area (Å²) in [5.74, 6) is 1.84. The van der Waals surface area contributed by atoms with E-state index in [0.29, 0.717) is 0 Å². The number of hydrogen-bond donors (Lipinski definition) is 1. The maximum absolute atomic E-state index is 5.96. The van der Waals surface area contributed by atoms with Crippen molar-refractivity contribution < 1.29 is 0 Å². The van der Waals surface area contributed by atoms with Gasteiger partial charge in [0.2, 0.25) is 0 Å². The lowest BCUT2D eigenvalue weighted by molar-refractivity contribution is 0.721. The van der Waals surface area contributed by atoms with Crippen molar-refractivity contribution >= 4 is 23.2 Å². The summed E-state index contributed by atoms with van der Waals surface area (Å²) < 4.78 is 0. The molecule has 0 bridgehead atoms. The highest BCUT2D eigenvalue weighted by atomic mass is 35.5. The van der Waals surface area contributed by atoms with Gasteiger partial charge in [0.15, 0.2) is 0 Å². The molecule has 1 aromatic carbocycles. The zero-order valence-corrected chi connectivity index (χ0v) is 13.6. The van der Waals surface area contributed by atoms with E-state index in [2.05, 4.69) is 53.2 Å². The Hall–Kier alpha value is -1.81. The molecule has 1 N–H and O–H groups in total. The van der Waals surface area contributed by atoms with Crippen molar-refractivity contribution in [3.05, 3.63) is 46.7 Å². The average molecular weight is 305 g/mol. The predicted octanol–water partition coefficient (Wildman–Crippen LogP) is 3.93. The van der Waals surface area contributed by atoms with Crippen LogP contribution in [-0.4, -0.2) is 24.1 Å². The first-order valence-corrected chi connectivity index (χ1v) is 7.46. The minimum atomic E-state index is 0.201. The van der Waals surface area contributed by atoms with E-state index < -0.39 is 0 Å². The number of aromatic nitrogens is 2. The van der Waals surface area contributed by atoms with E-state index in [9.17, 15) is 0 Å². The molecule has 0 saturated carbocycles. The van der Waals surface area contributed by atoms with E-state index in [1.165, 1.54) is 5.56 Å². The van der Waals surface area contributed by atoms with E-state index in [1.54, 1.807) is 6.33 Å². The number of anilines is 2. The van der Waals surface area contributed by atoms with Crippen molar-refractivity contribution in [1.29, 1.82) is 0 Å². The van der Waals surface area contributed by atoms with Crippen LogP contribution in [0, 0.1) is 0 Å². The number of benzene rings is 1. The molecule has 1 heterocycles. The molecule has 1 aromatic heterocycles. The lowest BCUT2D eigenvalue weighted by atomic mass is 10.1. The molecule has 21 heavy (non-hydrogen) atoms. The Labute approximate surface area is 131 Å². The minimum Gasteiger partial charge on any atom is -0.373 e. The van der Waals surface area contributed by atoms with E-state index in [1.807, 2.05) is 19.2 Å². The third kappa shape index (κ3) is 3.27. The maximum Gasteiger partial charge on any atom is 0.137 e. The molecule has 0 spiro atoms. The molecule has 0 aliphatic rings. The summed E-state index contributed by atoms with van der Waals surface area (Å²) in [4.78, 5) is 10.9. The zero-order chi connectivity index (χ0) is 15.4. The highest BCUT2D eigenvalue weighted by molar-refractivity contribution is 6.30. The highest BCUT2D eigenvalue weighted by Crippen LogP contribution is 2.29. The van der Waals surface area contributed by atoms with Gasteiger partial charge in [-0.15, -0.1) is 0 Å². The van der Waals surface area contributed by atoms with E-state index in [-0.39, 0.29) is 6.04 Å². The van der Waals surface area contributed by atoms with Crippen molar-refractivity contribution in [2.24, 2.45) is 0 Å². The second-order valence-electron chi connectivity index (χ2n) is 4.97. The molecule has 0 radical (unpaired) electrons. The van der Waals surface area contributed by atoms with Gasteiger partial charge in [-0.1, -0.05) is 30.7 Å². The fourth-order valence-corrected chi connectivity index (χ4v) is 2.52. The quantitative estimate of drug-likeness (QED) is 0.908. The molecule has 4 nitrogen and oxygen atoms in total. The molecule has 0 fully saturated rings. The highest BCUT2D eigenvalue weighted by Gasteiger charge is 2.18. The third-order valence-corrected chi connectivity index (χ3v) is 4.03. The number of rotatable bonds is 5. The Balaban J connectivity index is 2.35. The molecule has 1 unspecified atom stereocenters. The van der Waals surface area contributed by atoms with Crippen LogP contribution in [0.2, 0.25) is 5.02 Å². The van der Waals surface area contributed by atoms with Crippen LogP contribution in [-0.2, 0) is 6.42 Å². The number of halogens is 1. The van der Waals surface area contributed by atoms with Gasteiger partial charge < -0.3 is 10.2 Å². The van der Waals surface area contributed by atoms with Crippen molar-refractivity contribution in [2.45, 2.75) is 26.3 Å². The lowest BCUT2D eigenvalue weighted by Gasteiger charge is -2.28. The monoisotopic (exact) mass is 304 g/mol. The summed E-state index contributed by atoms with van der Waals surface area (Å²) in [5.41, 5.74) is 2.33. The fourth-order valence-electron chi connectivity index (χ4n) is 2.40. The van der Waals surface area contributed by atoms with E-state index in [4.69, 9.17) is 11.6 Å². The molecule has 1 atom stereocenters. The van der Waals surface area contributed by atoms with Crippen molar-refractivity contribution in [3.63, 3.8) is 0 Å². The van der Waals surface area contributed by atoms with Gasteiger partial charge in [-0.2, -0.15) is 0 Å². The maximum atomic E-state index is 5.96. The smallest absolute Gasteiger partial charge is 0.137 e. The number of nitrogens with one attached hydrogen (secondary N) is 1. The Morgan fingerprint density at radius 3 is 2.48 bits per heavy atom. The van der Waals surface area contributed by atoms with Crippen LogP contribution in [0.3, 0.4) is 0 Å². The van der Waals surface area contributed by atoms with Crippen molar-refractivity contribution in [1.82, 2.24) is 9.97 Å². The Morgan fingerprint density at radius 1 is 1.24 bits per heavy atom. The minimum absolute atomic E-state index is 0.201. The molecular weight excluding hydrogens is 284 g/mol. The second kappa shape index (κ2) is 6.76. The number of hydrogen-bond acceptors (Lipinski definition) is 4. The molecule has 0 amide bonds. The van der Waals surface area contributed by atoms with Gasteiger partial charge in [0, 0.05) is 24.7 Å². The van der Waals surface area contributed by atoms with Gasteiger partial charge in [0.1, 0.15) is 18.0 Å². The molecular formula is C16H21ClN4. The van der Waals surface area contributed by atoms with Crippen LogP contribution in [0.25, 0.3) is 0 Å². The van der Waals surface area contributed by atoms with Crippen LogP contribution >= 0.6 is 11.6 Å². The van der Waals surface area contributed by atoms with Gasteiger partial charge >= 0.3 is 0 Å². The third-order valence-electron chi connectivity index (χ3n) is 3.78. The summed E-state index contributed by atoms with van der Waals surface area (Å²) in [6, 6.07) is 8.14. The fraction of sp³-hybridized carbons (Fsp3) is 0.375. The molecule has 0 saturated heterocycles. The van der Waals surface area contributed by atoms with Gasteiger partial charge in [-0.3, -0.25) is 0 Å². The average Bonchev–Trinajstić information content (AvgIpc) is 2.53. The predicted molar refractivity (Wildman–Crippen MR) is 89.2 cm³/mol. The Bertz CT molecular complexity index is 598. The zero-order valence-electron chi connectivity index (χ0n) is 12.9. The molecule has 112 valence electrons. The van der Waals surface area contributed by atoms with Crippen LogP contribution in [0.5, 0.6) is 0 Å². The first kappa shape index (κ1) is 15.6. The first-order valence-electron chi connectivity index (χ1n) is 7.08. The Morgan fingerprint density at radius 2 is 1.90 bits per heavy atom. The molecule has 2 aromatic rings. The van der Waals surface area contributed by atoms with Crippen LogP contribution < -0.4 is 10.2 Å². The molecule has 5 heteroatoms. The van der Waals surface area contributed by atoms with Crippen molar-refractivity contribution in [2.75, 3.05) is 24.3 Å². The summed E-state index contributed by atoms with van der Waals surface area (Å²) in [6.45, 7) is 4.27. The second-order valence-corrected chi connectivity index (χ2v) is 5.40. The summed E-state index contributed by atoms with van der Waals surface area (Å²) in [5, 5.41) is 3.88. The summed E-state index contributed by atoms with van der Waals surface area (Å²) in [6.07, 6.45) is 2.48. The molecule has 2 rings (SSSR count).